The third-order valence-corrected chi connectivity index (χ3v) is 7.84. The standard InChI is InChI=1S/C18H25N3O4S/c1-20-8-9-21(13-18(20)6-10-25-11-7-18)26(23,24)15-3-4-16-14(12-15)2-5-17(22)19-16/h3-4,12H,2,5-11,13H2,1H3,(H,19,22). The fourth-order valence-corrected chi connectivity index (χ4v) is 5.75. The number of rotatable bonds is 2. The minimum absolute atomic E-state index is 0.0198. The Labute approximate surface area is 154 Å². The van der Waals surface area contributed by atoms with E-state index in [1.165, 1.54) is 0 Å². The molecule has 3 aliphatic heterocycles. The molecule has 2 saturated heterocycles. The first-order valence-electron chi connectivity index (χ1n) is 9.13. The van der Waals surface area contributed by atoms with Gasteiger partial charge in [-0.2, -0.15) is 4.31 Å². The van der Waals surface area contributed by atoms with E-state index in [4.69, 9.17) is 4.74 Å². The summed E-state index contributed by atoms with van der Waals surface area (Å²) < 4.78 is 33.6. The second-order valence-electron chi connectivity index (χ2n) is 7.46. The van der Waals surface area contributed by atoms with Crippen LogP contribution in [0.15, 0.2) is 23.1 Å². The van der Waals surface area contributed by atoms with Crippen LogP contribution in [0.3, 0.4) is 0 Å². The highest BCUT2D eigenvalue weighted by Crippen LogP contribution is 2.34. The predicted molar refractivity (Wildman–Crippen MR) is 97.6 cm³/mol. The Morgan fingerprint density at radius 1 is 1.15 bits per heavy atom. The fourth-order valence-electron chi connectivity index (χ4n) is 4.19. The van der Waals surface area contributed by atoms with Crippen LogP contribution >= 0.6 is 0 Å². The zero-order chi connectivity index (χ0) is 18.4. The van der Waals surface area contributed by atoms with Crippen LogP contribution < -0.4 is 5.32 Å². The van der Waals surface area contributed by atoms with Gasteiger partial charge in [-0.3, -0.25) is 9.69 Å². The number of nitrogens with zero attached hydrogens (tertiary/aromatic N) is 2. The molecule has 3 heterocycles. The first kappa shape index (κ1) is 17.9. The van der Waals surface area contributed by atoms with Gasteiger partial charge in [-0.25, -0.2) is 8.42 Å². The van der Waals surface area contributed by atoms with Gasteiger partial charge < -0.3 is 10.1 Å². The van der Waals surface area contributed by atoms with E-state index in [9.17, 15) is 13.2 Å². The maximum atomic E-state index is 13.3. The summed E-state index contributed by atoms with van der Waals surface area (Å²) in [5, 5.41) is 2.80. The van der Waals surface area contributed by atoms with Gasteiger partial charge in [-0.05, 0) is 50.1 Å². The molecule has 1 spiro atoms. The number of hydrogen-bond donors (Lipinski definition) is 1. The summed E-state index contributed by atoms with van der Waals surface area (Å²) in [6.07, 6.45) is 2.68. The van der Waals surface area contributed by atoms with E-state index < -0.39 is 10.0 Å². The lowest BCUT2D eigenvalue weighted by Crippen LogP contribution is -2.63. The Kier molecular flexibility index (Phi) is 4.54. The summed E-state index contributed by atoms with van der Waals surface area (Å²) in [5.41, 5.74) is 1.48. The van der Waals surface area contributed by atoms with Gasteiger partial charge in [0.15, 0.2) is 0 Å². The Morgan fingerprint density at radius 2 is 1.92 bits per heavy atom. The van der Waals surface area contributed by atoms with Crippen molar-refractivity contribution in [2.24, 2.45) is 0 Å². The highest BCUT2D eigenvalue weighted by molar-refractivity contribution is 7.89. The molecule has 0 aliphatic carbocycles. The summed E-state index contributed by atoms with van der Waals surface area (Å²) in [6.45, 7) is 3.08. The van der Waals surface area contributed by atoms with Crippen LogP contribution in [0, 0.1) is 0 Å². The molecule has 1 amide bonds. The number of nitrogens with one attached hydrogen (secondary N) is 1. The average Bonchev–Trinajstić information content (AvgIpc) is 2.64. The van der Waals surface area contributed by atoms with Crippen molar-refractivity contribution in [3.8, 4) is 0 Å². The van der Waals surface area contributed by atoms with Crippen LogP contribution in [0.5, 0.6) is 0 Å². The summed E-state index contributed by atoms with van der Waals surface area (Å²) in [4.78, 5) is 14.1. The molecular formula is C18H25N3O4S. The highest BCUT2D eigenvalue weighted by Gasteiger charge is 2.44. The van der Waals surface area contributed by atoms with Crippen LogP contribution in [0.25, 0.3) is 0 Å². The van der Waals surface area contributed by atoms with Crippen molar-refractivity contribution in [2.75, 3.05) is 45.2 Å². The largest absolute Gasteiger partial charge is 0.381 e. The normalized spacial score (nSPS) is 24.3. The number of carbonyl (C=O) groups is 1. The van der Waals surface area contributed by atoms with E-state index in [1.807, 2.05) is 0 Å². The smallest absolute Gasteiger partial charge is 0.243 e. The monoisotopic (exact) mass is 379 g/mol. The third kappa shape index (κ3) is 3.05. The predicted octanol–water partition coefficient (Wildman–Crippen LogP) is 1.06. The fraction of sp³-hybridized carbons (Fsp3) is 0.611. The van der Waals surface area contributed by atoms with Crippen LogP contribution in [-0.4, -0.2) is 69.0 Å². The van der Waals surface area contributed by atoms with E-state index in [2.05, 4.69) is 17.3 Å². The van der Waals surface area contributed by atoms with Gasteiger partial charge in [0.1, 0.15) is 0 Å². The molecule has 2 fully saturated rings. The summed E-state index contributed by atoms with van der Waals surface area (Å²) in [7, 11) is -1.47. The van der Waals surface area contributed by atoms with Gasteiger partial charge in [-0.1, -0.05) is 0 Å². The zero-order valence-corrected chi connectivity index (χ0v) is 15.8. The maximum absolute atomic E-state index is 13.3. The molecule has 1 aromatic carbocycles. The summed E-state index contributed by atoms with van der Waals surface area (Å²) in [6, 6.07) is 5.04. The number of aryl methyl sites for hydroxylation is 1. The topological polar surface area (TPSA) is 79.0 Å². The van der Waals surface area contributed by atoms with Crippen molar-refractivity contribution >= 4 is 21.6 Å². The first-order chi connectivity index (χ1) is 12.4. The van der Waals surface area contributed by atoms with Crippen molar-refractivity contribution < 1.29 is 17.9 Å². The molecule has 0 unspecified atom stereocenters. The zero-order valence-electron chi connectivity index (χ0n) is 15.0. The van der Waals surface area contributed by atoms with Gasteiger partial charge in [0.05, 0.1) is 4.90 Å². The number of piperazine rings is 1. The molecule has 0 atom stereocenters. The molecule has 0 saturated carbocycles. The van der Waals surface area contributed by atoms with Crippen molar-refractivity contribution in [1.82, 2.24) is 9.21 Å². The van der Waals surface area contributed by atoms with E-state index >= 15 is 0 Å². The second kappa shape index (κ2) is 6.60. The minimum Gasteiger partial charge on any atom is -0.381 e. The molecule has 26 heavy (non-hydrogen) atoms. The lowest BCUT2D eigenvalue weighted by Gasteiger charge is -2.50. The number of ether oxygens (including phenoxy) is 1. The summed E-state index contributed by atoms with van der Waals surface area (Å²) >= 11 is 0. The number of hydrogen-bond acceptors (Lipinski definition) is 5. The number of carbonyl (C=O) groups excluding carboxylic acids is 1. The number of likely N-dealkylation sites (N-methyl/N-ethyl adjacent to an activating group) is 1. The van der Waals surface area contributed by atoms with E-state index in [1.54, 1.807) is 22.5 Å². The van der Waals surface area contributed by atoms with E-state index in [0.29, 0.717) is 44.0 Å². The number of benzene rings is 1. The SMILES string of the molecule is CN1CCN(S(=O)(=O)c2ccc3c(c2)CCC(=O)N3)CC12CCOCC2. The number of sulfonamides is 1. The molecular weight excluding hydrogens is 354 g/mol. The van der Waals surface area contributed by atoms with Crippen LogP contribution in [0.1, 0.15) is 24.8 Å². The first-order valence-corrected chi connectivity index (χ1v) is 10.6. The Hall–Kier alpha value is -1.48. The molecule has 8 heteroatoms. The lowest BCUT2D eigenvalue weighted by atomic mass is 9.87. The van der Waals surface area contributed by atoms with Gasteiger partial charge in [-0.15, -0.1) is 0 Å². The molecule has 0 aromatic heterocycles. The van der Waals surface area contributed by atoms with Crippen molar-refractivity contribution in [2.45, 2.75) is 36.1 Å². The number of amides is 1. The Morgan fingerprint density at radius 3 is 2.69 bits per heavy atom. The van der Waals surface area contributed by atoms with Crippen molar-refractivity contribution in [3.05, 3.63) is 23.8 Å². The molecule has 0 bridgehead atoms. The van der Waals surface area contributed by atoms with Gasteiger partial charge in [0.2, 0.25) is 15.9 Å². The quantitative estimate of drug-likeness (QED) is 0.831. The lowest BCUT2D eigenvalue weighted by molar-refractivity contribution is -0.116. The molecule has 3 aliphatic rings. The van der Waals surface area contributed by atoms with E-state index in [-0.39, 0.29) is 11.4 Å². The molecule has 7 nitrogen and oxygen atoms in total. The highest BCUT2D eigenvalue weighted by atomic mass is 32.2. The van der Waals surface area contributed by atoms with Crippen LogP contribution in [0.2, 0.25) is 0 Å². The molecule has 1 aromatic rings. The second-order valence-corrected chi connectivity index (χ2v) is 9.40. The van der Waals surface area contributed by atoms with Crippen LogP contribution in [-0.2, 0) is 26.0 Å². The number of fused-ring (bicyclic) bond motifs is 1. The summed E-state index contributed by atoms with van der Waals surface area (Å²) in [5.74, 6) is -0.0198. The Bertz CT molecular complexity index is 818. The van der Waals surface area contributed by atoms with Crippen molar-refractivity contribution in [3.63, 3.8) is 0 Å². The van der Waals surface area contributed by atoms with Crippen molar-refractivity contribution in [1.29, 1.82) is 0 Å². The average molecular weight is 379 g/mol. The molecule has 4 rings (SSSR count). The number of anilines is 1. The Balaban J connectivity index is 1.61. The maximum Gasteiger partial charge on any atom is 0.243 e. The molecule has 1 N–H and O–H groups in total. The van der Waals surface area contributed by atoms with Crippen LogP contribution in [0.4, 0.5) is 5.69 Å². The van der Waals surface area contributed by atoms with Gasteiger partial charge in [0, 0.05) is 50.5 Å². The minimum atomic E-state index is -3.55. The molecule has 142 valence electrons. The molecule has 0 radical (unpaired) electrons. The van der Waals surface area contributed by atoms with Gasteiger partial charge in [0.25, 0.3) is 0 Å². The van der Waals surface area contributed by atoms with E-state index in [0.717, 1.165) is 30.6 Å². The van der Waals surface area contributed by atoms with Gasteiger partial charge >= 0.3 is 0 Å². The third-order valence-electron chi connectivity index (χ3n) is 6.00.